The number of rotatable bonds is 3. The van der Waals surface area contributed by atoms with Crippen molar-refractivity contribution < 1.29 is 9.13 Å². The minimum Gasteiger partial charge on any atom is -0.487 e. The van der Waals surface area contributed by atoms with Crippen molar-refractivity contribution in [3.05, 3.63) is 58.1 Å². The quantitative estimate of drug-likeness (QED) is 0.816. The highest BCUT2D eigenvalue weighted by atomic mass is 79.9. The Kier molecular flexibility index (Phi) is 3.90. The molecule has 3 nitrogen and oxygen atoms in total. The summed E-state index contributed by atoms with van der Waals surface area (Å²) in [6.07, 6.45) is 1.56. The van der Waals surface area contributed by atoms with Crippen LogP contribution < -0.4 is 4.74 Å². The number of nitrogens with zero attached hydrogens (tertiary/aromatic N) is 2. The van der Waals surface area contributed by atoms with E-state index in [1.54, 1.807) is 24.4 Å². The maximum atomic E-state index is 13.2. The molecule has 0 radical (unpaired) electrons. The van der Waals surface area contributed by atoms with Crippen LogP contribution in [0.1, 0.15) is 11.1 Å². The summed E-state index contributed by atoms with van der Waals surface area (Å²) in [4.78, 5) is 4.01. The van der Waals surface area contributed by atoms with Crippen molar-refractivity contribution in [2.45, 2.75) is 6.61 Å². The molecular weight excluding hydrogens is 299 g/mol. The molecule has 1 aromatic heterocycles. The van der Waals surface area contributed by atoms with Gasteiger partial charge in [0.1, 0.15) is 22.8 Å². The van der Waals surface area contributed by atoms with Crippen LogP contribution in [0.4, 0.5) is 4.39 Å². The van der Waals surface area contributed by atoms with Crippen LogP contribution in [0, 0.1) is 17.1 Å². The van der Waals surface area contributed by atoms with Gasteiger partial charge in [0.2, 0.25) is 0 Å². The summed E-state index contributed by atoms with van der Waals surface area (Å²) < 4.78 is 19.3. The monoisotopic (exact) mass is 306 g/mol. The lowest BCUT2D eigenvalue weighted by Crippen LogP contribution is -1.97. The number of aromatic nitrogens is 1. The average Bonchev–Trinajstić information content (AvgIpc) is 2.37. The standard InChI is InChI=1S/C13H8BrFN2O/c14-13-2-1-12(7-17-13)18-8-10-3-9(6-16)4-11(15)5-10/h1-5,7H,8H2. The summed E-state index contributed by atoms with van der Waals surface area (Å²) in [6.45, 7) is 0.190. The van der Waals surface area contributed by atoms with Crippen LogP contribution in [0.25, 0.3) is 0 Å². The Morgan fingerprint density at radius 3 is 2.83 bits per heavy atom. The van der Waals surface area contributed by atoms with E-state index in [1.165, 1.54) is 12.1 Å². The third-order valence-corrected chi connectivity index (χ3v) is 2.66. The fraction of sp³-hybridized carbons (Fsp3) is 0.0769. The van der Waals surface area contributed by atoms with Crippen molar-refractivity contribution in [3.8, 4) is 11.8 Å². The third kappa shape index (κ3) is 3.28. The lowest BCUT2D eigenvalue weighted by Gasteiger charge is -2.06. The van der Waals surface area contributed by atoms with Gasteiger partial charge < -0.3 is 4.74 Å². The highest BCUT2D eigenvalue weighted by Crippen LogP contribution is 2.15. The van der Waals surface area contributed by atoms with Gasteiger partial charge in [0.25, 0.3) is 0 Å². The average molecular weight is 307 g/mol. The van der Waals surface area contributed by atoms with E-state index in [0.29, 0.717) is 15.9 Å². The molecule has 0 N–H and O–H groups in total. The molecule has 0 bridgehead atoms. The van der Waals surface area contributed by atoms with Crippen LogP contribution in [0.2, 0.25) is 0 Å². The molecule has 18 heavy (non-hydrogen) atoms. The van der Waals surface area contributed by atoms with E-state index in [4.69, 9.17) is 10.00 Å². The second-order valence-electron chi connectivity index (χ2n) is 3.57. The number of pyridine rings is 1. The number of hydrogen-bond acceptors (Lipinski definition) is 3. The second kappa shape index (κ2) is 5.61. The zero-order valence-electron chi connectivity index (χ0n) is 9.23. The second-order valence-corrected chi connectivity index (χ2v) is 4.38. The topological polar surface area (TPSA) is 45.9 Å². The van der Waals surface area contributed by atoms with Crippen molar-refractivity contribution in [1.82, 2.24) is 4.98 Å². The van der Waals surface area contributed by atoms with Gasteiger partial charge in [-0.1, -0.05) is 0 Å². The number of benzene rings is 1. The van der Waals surface area contributed by atoms with Gasteiger partial charge in [-0.2, -0.15) is 5.26 Å². The first-order valence-corrected chi connectivity index (χ1v) is 5.90. The van der Waals surface area contributed by atoms with Gasteiger partial charge in [0, 0.05) is 0 Å². The molecular formula is C13H8BrFN2O. The first-order chi connectivity index (χ1) is 8.67. The van der Waals surface area contributed by atoms with Gasteiger partial charge >= 0.3 is 0 Å². The molecule has 90 valence electrons. The molecule has 0 saturated carbocycles. The normalized spacial score (nSPS) is 9.83. The SMILES string of the molecule is N#Cc1cc(F)cc(COc2ccc(Br)nc2)c1. The van der Waals surface area contributed by atoms with Crippen molar-refractivity contribution in [2.75, 3.05) is 0 Å². The van der Waals surface area contributed by atoms with E-state index in [0.717, 1.165) is 0 Å². The summed E-state index contributed by atoms with van der Waals surface area (Å²) >= 11 is 3.22. The van der Waals surface area contributed by atoms with E-state index in [2.05, 4.69) is 20.9 Å². The Labute approximate surface area is 112 Å². The third-order valence-electron chi connectivity index (χ3n) is 2.19. The summed E-state index contributed by atoms with van der Waals surface area (Å²) in [6, 6.07) is 9.52. The van der Waals surface area contributed by atoms with Crippen LogP contribution >= 0.6 is 15.9 Å². The molecule has 5 heteroatoms. The first kappa shape index (κ1) is 12.5. The lowest BCUT2D eigenvalue weighted by atomic mass is 10.1. The minimum atomic E-state index is -0.443. The van der Waals surface area contributed by atoms with Gasteiger partial charge in [0.15, 0.2) is 0 Å². The summed E-state index contributed by atoms with van der Waals surface area (Å²) in [5.41, 5.74) is 0.886. The molecule has 0 unspecified atom stereocenters. The fourth-order valence-corrected chi connectivity index (χ4v) is 1.65. The molecule has 0 aliphatic carbocycles. The Balaban J connectivity index is 2.08. The van der Waals surface area contributed by atoms with Crippen molar-refractivity contribution in [1.29, 1.82) is 5.26 Å². The zero-order valence-corrected chi connectivity index (χ0v) is 10.8. The van der Waals surface area contributed by atoms with E-state index < -0.39 is 5.82 Å². The lowest BCUT2D eigenvalue weighted by molar-refractivity contribution is 0.304. The highest BCUT2D eigenvalue weighted by molar-refractivity contribution is 9.10. The Morgan fingerprint density at radius 1 is 1.33 bits per heavy atom. The van der Waals surface area contributed by atoms with Gasteiger partial charge in [-0.15, -0.1) is 0 Å². The van der Waals surface area contributed by atoms with Gasteiger partial charge in [0.05, 0.1) is 17.8 Å². The molecule has 2 rings (SSSR count). The highest BCUT2D eigenvalue weighted by Gasteiger charge is 2.02. The summed E-state index contributed by atoms with van der Waals surface area (Å²) in [5, 5.41) is 8.73. The van der Waals surface area contributed by atoms with E-state index in [1.807, 2.05) is 6.07 Å². The fourth-order valence-electron chi connectivity index (χ4n) is 1.41. The number of ether oxygens (including phenoxy) is 1. The zero-order chi connectivity index (χ0) is 13.0. The molecule has 1 aromatic carbocycles. The molecule has 0 spiro atoms. The number of hydrogen-bond donors (Lipinski definition) is 0. The smallest absolute Gasteiger partial charge is 0.138 e. The molecule has 0 saturated heterocycles. The minimum absolute atomic E-state index is 0.190. The number of nitriles is 1. The molecule has 1 heterocycles. The Hall–Kier alpha value is -1.93. The van der Waals surface area contributed by atoms with Crippen LogP contribution in [0.5, 0.6) is 5.75 Å². The van der Waals surface area contributed by atoms with Crippen molar-refractivity contribution in [3.63, 3.8) is 0 Å². The van der Waals surface area contributed by atoms with Crippen LogP contribution in [-0.2, 0) is 6.61 Å². The van der Waals surface area contributed by atoms with E-state index >= 15 is 0 Å². The summed E-state index contributed by atoms with van der Waals surface area (Å²) in [5.74, 6) is 0.141. The van der Waals surface area contributed by atoms with Crippen LogP contribution in [0.15, 0.2) is 41.1 Å². The maximum absolute atomic E-state index is 13.2. The van der Waals surface area contributed by atoms with E-state index in [-0.39, 0.29) is 12.2 Å². The number of halogens is 2. The van der Waals surface area contributed by atoms with Crippen LogP contribution in [-0.4, -0.2) is 4.98 Å². The molecule has 0 atom stereocenters. The van der Waals surface area contributed by atoms with Crippen molar-refractivity contribution in [2.24, 2.45) is 0 Å². The molecule has 0 aliphatic heterocycles. The predicted molar refractivity (Wildman–Crippen MR) is 67.4 cm³/mol. The first-order valence-electron chi connectivity index (χ1n) is 5.11. The van der Waals surface area contributed by atoms with Gasteiger partial charge in [-0.3, -0.25) is 0 Å². The molecule has 0 fully saturated rings. The predicted octanol–water partition coefficient (Wildman–Crippen LogP) is 3.43. The van der Waals surface area contributed by atoms with Crippen LogP contribution in [0.3, 0.4) is 0 Å². The maximum Gasteiger partial charge on any atom is 0.138 e. The molecule has 2 aromatic rings. The largest absolute Gasteiger partial charge is 0.487 e. The Bertz CT molecular complexity index is 593. The summed E-state index contributed by atoms with van der Waals surface area (Å²) in [7, 11) is 0. The molecule has 0 amide bonds. The van der Waals surface area contributed by atoms with Gasteiger partial charge in [-0.25, -0.2) is 9.37 Å². The van der Waals surface area contributed by atoms with Crippen molar-refractivity contribution >= 4 is 15.9 Å². The Morgan fingerprint density at radius 2 is 2.17 bits per heavy atom. The van der Waals surface area contributed by atoms with Gasteiger partial charge in [-0.05, 0) is 51.8 Å². The van der Waals surface area contributed by atoms with E-state index in [9.17, 15) is 4.39 Å². The molecule has 0 aliphatic rings.